The molecule has 1 saturated carbocycles. The molecule has 0 aliphatic heterocycles. The molecule has 1 aromatic heterocycles. The quantitative estimate of drug-likeness (QED) is 0.735. The molecular formula is C19H32N4O4. The van der Waals surface area contributed by atoms with E-state index >= 15 is 0 Å². The van der Waals surface area contributed by atoms with Crippen molar-refractivity contribution in [2.75, 3.05) is 13.1 Å². The van der Waals surface area contributed by atoms with Crippen LogP contribution in [0, 0.1) is 5.92 Å². The van der Waals surface area contributed by atoms with E-state index in [9.17, 15) is 9.59 Å². The summed E-state index contributed by atoms with van der Waals surface area (Å²) in [6.45, 7) is 10.2. The lowest BCUT2D eigenvalue weighted by atomic mass is 9.81. The van der Waals surface area contributed by atoms with Gasteiger partial charge in [-0.15, -0.1) is 0 Å². The molecule has 8 nitrogen and oxygen atoms in total. The maximum absolute atomic E-state index is 12.3. The molecule has 0 unspecified atom stereocenters. The summed E-state index contributed by atoms with van der Waals surface area (Å²) in [5.74, 6) is 1.96. The predicted octanol–water partition coefficient (Wildman–Crippen LogP) is 3.11. The van der Waals surface area contributed by atoms with E-state index in [4.69, 9.17) is 9.26 Å². The molecular weight excluding hydrogens is 348 g/mol. The normalized spacial score (nSPS) is 20.4. The molecule has 0 saturated heterocycles. The molecule has 2 rings (SSSR count). The van der Waals surface area contributed by atoms with Crippen LogP contribution >= 0.6 is 0 Å². The molecule has 1 heterocycles. The molecule has 0 bridgehead atoms. The summed E-state index contributed by atoms with van der Waals surface area (Å²) in [7, 11) is 0. The van der Waals surface area contributed by atoms with Crippen molar-refractivity contribution in [3.8, 4) is 0 Å². The SMILES string of the molecule is CC(C)c1nc([C@H]2CC[C@H](C(=O)NCCNC(=O)OC(C)(C)C)CC2)no1. The summed E-state index contributed by atoms with van der Waals surface area (Å²) in [6, 6.07) is 0. The first-order chi connectivity index (χ1) is 12.7. The van der Waals surface area contributed by atoms with Crippen molar-refractivity contribution in [3.63, 3.8) is 0 Å². The molecule has 27 heavy (non-hydrogen) atoms. The van der Waals surface area contributed by atoms with Gasteiger partial charge in [-0.1, -0.05) is 19.0 Å². The Labute approximate surface area is 160 Å². The average Bonchev–Trinajstić information content (AvgIpc) is 3.07. The van der Waals surface area contributed by atoms with Crippen LogP contribution in [0.5, 0.6) is 0 Å². The van der Waals surface area contributed by atoms with Gasteiger partial charge in [-0.05, 0) is 46.5 Å². The van der Waals surface area contributed by atoms with Gasteiger partial charge in [0.05, 0.1) is 0 Å². The Kier molecular flexibility index (Phi) is 7.21. The highest BCUT2D eigenvalue weighted by Gasteiger charge is 2.29. The minimum absolute atomic E-state index is 0.000697. The number of carbonyl (C=O) groups is 2. The lowest BCUT2D eigenvalue weighted by Crippen LogP contribution is -2.40. The van der Waals surface area contributed by atoms with E-state index in [1.54, 1.807) is 0 Å². The predicted molar refractivity (Wildman–Crippen MR) is 100 cm³/mol. The number of alkyl carbamates (subject to hydrolysis) is 1. The molecule has 0 aromatic carbocycles. The Balaban J connectivity index is 1.66. The summed E-state index contributed by atoms with van der Waals surface area (Å²) in [5, 5.41) is 9.61. The average molecular weight is 380 g/mol. The molecule has 1 fully saturated rings. The molecule has 152 valence electrons. The molecule has 2 N–H and O–H groups in total. The first-order valence-corrected chi connectivity index (χ1v) is 9.73. The van der Waals surface area contributed by atoms with Crippen LogP contribution in [0.3, 0.4) is 0 Å². The van der Waals surface area contributed by atoms with Gasteiger partial charge < -0.3 is 19.9 Å². The fourth-order valence-corrected chi connectivity index (χ4v) is 3.07. The van der Waals surface area contributed by atoms with Gasteiger partial charge in [0.25, 0.3) is 0 Å². The van der Waals surface area contributed by atoms with Crippen LogP contribution in [0.4, 0.5) is 4.79 Å². The summed E-state index contributed by atoms with van der Waals surface area (Å²) >= 11 is 0. The summed E-state index contributed by atoms with van der Waals surface area (Å²) in [4.78, 5) is 28.3. The number of carbonyl (C=O) groups excluding carboxylic acids is 2. The van der Waals surface area contributed by atoms with Crippen molar-refractivity contribution in [1.29, 1.82) is 0 Å². The van der Waals surface area contributed by atoms with E-state index in [0.29, 0.717) is 19.0 Å². The lowest BCUT2D eigenvalue weighted by molar-refractivity contribution is -0.126. The van der Waals surface area contributed by atoms with Gasteiger partial charge in [-0.2, -0.15) is 4.98 Å². The maximum atomic E-state index is 12.3. The van der Waals surface area contributed by atoms with Crippen LogP contribution < -0.4 is 10.6 Å². The number of ether oxygens (including phenoxy) is 1. The third-order valence-corrected chi connectivity index (χ3v) is 4.51. The molecule has 0 radical (unpaired) electrons. The Bertz CT molecular complexity index is 628. The number of hydrogen-bond donors (Lipinski definition) is 2. The first kappa shape index (κ1) is 21.2. The van der Waals surface area contributed by atoms with Crippen LogP contribution in [-0.2, 0) is 9.53 Å². The fourth-order valence-electron chi connectivity index (χ4n) is 3.07. The van der Waals surface area contributed by atoms with Crippen LogP contribution in [0.1, 0.15) is 83.9 Å². The Morgan fingerprint density at radius 2 is 1.78 bits per heavy atom. The monoisotopic (exact) mass is 380 g/mol. The van der Waals surface area contributed by atoms with Crippen molar-refractivity contribution >= 4 is 12.0 Å². The number of amides is 2. The van der Waals surface area contributed by atoms with Gasteiger partial charge in [0.15, 0.2) is 5.82 Å². The third kappa shape index (κ3) is 6.84. The van der Waals surface area contributed by atoms with Crippen LogP contribution in [0.25, 0.3) is 0 Å². The maximum Gasteiger partial charge on any atom is 0.407 e. The Morgan fingerprint density at radius 1 is 1.15 bits per heavy atom. The van der Waals surface area contributed by atoms with Crippen molar-refractivity contribution in [2.24, 2.45) is 5.92 Å². The van der Waals surface area contributed by atoms with E-state index in [1.165, 1.54) is 0 Å². The molecule has 1 aliphatic rings. The van der Waals surface area contributed by atoms with Crippen LogP contribution in [0.2, 0.25) is 0 Å². The number of aromatic nitrogens is 2. The van der Waals surface area contributed by atoms with Gasteiger partial charge in [0.2, 0.25) is 11.8 Å². The lowest BCUT2D eigenvalue weighted by Gasteiger charge is -2.26. The Hall–Kier alpha value is -2.12. The van der Waals surface area contributed by atoms with E-state index in [0.717, 1.165) is 31.5 Å². The summed E-state index contributed by atoms with van der Waals surface area (Å²) in [6.07, 6.45) is 2.90. The van der Waals surface area contributed by atoms with Gasteiger partial charge in [-0.25, -0.2) is 4.79 Å². The molecule has 1 aromatic rings. The second kappa shape index (κ2) is 9.19. The molecule has 8 heteroatoms. The molecule has 0 spiro atoms. The van der Waals surface area contributed by atoms with Gasteiger partial charge in [-0.3, -0.25) is 4.79 Å². The topological polar surface area (TPSA) is 106 Å². The highest BCUT2D eigenvalue weighted by Crippen LogP contribution is 2.34. The van der Waals surface area contributed by atoms with Crippen molar-refractivity contribution in [2.45, 2.75) is 77.7 Å². The van der Waals surface area contributed by atoms with E-state index < -0.39 is 11.7 Å². The zero-order valence-corrected chi connectivity index (χ0v) is 17.0. The fraction of sp³-hybridized carbons (Fsp3) is 0.789. The third-order valence-electron chi connectivity index (χ3n) is 4.51. The molecule has 0 atom stereocenters. The van der Waals surface area contributed by atoms with E-state index in [2.05, 4.69) is 20.8 Å². The Morgan fingerprint density at radius 3 is 2.33 bits per heavy atom. The second-order valence-corrected chi connectivity index (χ2v) is 8.41. The van der Waals surface area contributed by atoms with Crippen LogP contribution in [0.15, 0.2) is 4.52 Å². The highest BCUT2D eigenvalue weighted by atomic mass is 16.6. The molecule has 1 aliphatic carbocycles. The van der Waals surface area contributed by atoms with Gasteiger partial charge in [0.1, 0.15) is 5.60 Å². The number of nitrogens with zero attached hydrogens (tertiary/aromatic N) is 2. The number of rotatable bonds is 6. The molecule has 2 amide bonds. The van der Waals surface area contributed by atoms with Crippen molar-refractivity contribution in [1.82, 2.24) is 20.8 Å². The second-order valence-electron chi connectivity index (χ2n) is 8.41. The first-order valence-electron chi connectivity index (χ1n) is 9.73. The van der Waals surface area contributed by atoms with E-state index in [1.807, 2.05) is 34.6 Å². The minimum Gasteiger partial charge on any atom is -0.444 e. The zero-order chi connectivity index (χ0) is 20.0. The largest absolute Gasteiger partial charge is 0.444 e. The standard InChI is InChI=1S/C19H32N4O4/c1-12(2)17-22-15(23-27-17)13-6-8-14(9-7-13)16(24)20-10-11-21-18(25)26-19(3,4)5/h12-14H,6-11H2,1-5H3,(H,20,24)(H,21,25)/t13-,14-. The smallest absolute Gasteiger partial charge is 0.407 e. The van der Waals surface area contributed by atoms with Crippen molar-refractivity contribution < 1.29 is 18.8 Å². The van der Waals surface area contributed by atoms with Gasteiger partial charge >= 0.3 is 6.09 Å². The number of hydrogen-bond acceptors (Lipinski definition) is 6. The van der Waals surface area contributed by atoms with Crippen molar-refractivity contribution in [3.05, 3.63) is 11.7 Å². The highest BCUT2D eigenvalue weighted by molar-refractivity contribution is 5.78. The zero-order valence-electron chi connectivity index (χ0n) is 17.0. The van der Waals surface area contributed by atoms with Gasteiger partial charge in [0, 0.05) is 30.8 Å². The van der Waals surface area contributed by atoms with E-state index in [-0.39, 0.29) is 23.7 Å². The van der Waals surface area contributed by atoms with Crippen LogP contribution in [-0.4, -0.2) is 40.8 Å². The summed E-state index contributed by atoms with van der Waals surface area (Å²) in [5.41, 5.74) is -0.527. The summed E-state index contributed by atoms with van der Waals surface area (Å²) < 4.78 is 10.4. The number of nitrogens with one attached hydrogen (secondary N) is 2. The minimum atomic E-state index is -0.527.